The fourth-order valence-electron chi connectivity index (χ4n) is 4.27. The molecule has 3 aliphatic heterocycles. The zero-order valence-electron chi connectivity index (χ0n) is 16.3. The Morgan fingerprint density at radius 2 is 2.00 bits per heavy atom. The number of alkyl halides is 3. The van der Waals surface area contributed by atoms with E-state index in [0.29, 0.717) is 49.4 Å². The van der Waals surface area contributed by atoms with E-state index in [1.165, 1.54) is 6.07 Å². The predicted molar refractivity (Wildman–Crippen MR) is 106 cm³/mol. The van der Waals surface area contributed by atoms with Crippen LogP contribution in [0.4, 0.5) is 18.0 Å². The van der Waals surface area contributed by atoms with Gasteiger partial charge in [0.15, 0.2) is 0 Å². The Morgan fingerprint density at radius 1 is 1.23 bits per heavy atom. The number of hydrogen-bond donors (Lipinski definition) is 1. The van der Waals surface area contributed by atoms with Gasteiger partial charge in [0, 0.05) is 30.7 Å². The van der Waals surface area contributed by atoms with E-state index in [0.717, 1.165) is 24.1 Å². The lowest BCUT2D eigenvalue weighted by Gasteiger charge is -2.46. The summed E-state index contributed by atoms with van der Waals surface area (Å²) >= 11 is 3.24. The van der Waals surface area contributed by atoms with Crippen molar-refractivity contribution in [3.63, 3.8) is 0 Å². The van der Waals surface area contributed by atoms with Crippen LogP contribution in [0.3, 0.4) is 0 Å². The smallest absolute Gasteiger partial charge is 0.366 e. The first-order valence-electron chi connectivity index (χ1n) is 10.0. The molecule has 0 radical (unpaired) electrons. The average molecular weight is 490 g/mol. The van der Waals surface area contributed by atoms with Crippen molar-refractivity contribution in [3.05, 3.63) is 33.8 Å². The first kappa shape index (κ1) is 21.4. The van der Waals surface area contributed by atoms with E-state index in [-0.39, 0.29) is 30.7 Å². The van der Waals surface area contributed by atoms with E-state index >= 15 is 0 Å². The Morgan fingerprint density at radius 3 is 2.70 bits per heavy atom. The Kier molecular flexibility index (Phi) is 5.98. The molecular formula is C20H23BrF3N3O3. The SMILES string of the molecule is O=C1COC2CCN(C(=O)N3CC(CCc4ccc(C(F)(F)F)cc4Br)C3)C[C@H]2N1. The summed E-state index contributed by atoms with van der Waals surface area (Å²) in [6.45, 7) is 2.43. The highest BCUT2D eigenvalue weighted by Crippen LogP contribution is 2.33. The Bertz CT molecular complexity index is 829. The van der Waals surface area contributed by atoms with Gasteiger partial charge in [-0.1, -0.05) is 22.0 Å². The molecule has 0 bridgehead atoms. The normalized spacial score (nSPS) is 24.9. The molecule has 1 aromatic rings. The molecule has 0 aromatic heterocycles. The van der Waals surface area contributed by atoms with Gasteiger partial charge in [-0.3, -0.25) is 4.79 Å². The summed E-state index contributed by atoms with van der Waals surface area (Å²) in [7, 11) is 0. The second-order valence-electron chi connectivity index (χ2n) is 8.15. The van der Waals surface area contributed by atoms with E-state index in [2.05, 4.69) is 21.2 Å². The molecule has 30 heavy (non-hydrogen) atoms. The lowest BCUT2D eigenvalue weighted by molar-refractivity contribution is -0.140. The molecule has 3 fully saturated rings. The molecule has 1 N–H and O–H groups in total. The first-order chi connectivity index (χ1) is 14.2. The summed E-state index contributed by atoms with van der Waals surface area (Å²) in [6.07, 6.45) is -2.21. The van der Waals surface area contributed by atoms with Gasteiger partial charge in [0.25, 0.3) is 0 Å². The number of piperidine rings is 1. The van der Waals surface area contributed by atoms with Crippen molar-refractivity contribution in [1.29, 1.82) is 0 Å². The summed E-state index contributed by atoms with van der Waals surface area (Å²) in [6, 6.07) is 3.55. The summed E-state index contributed by atoms with van der Waals surface area (Å²) in [4.78, 5) is 27.8. The van der Waals surface area contributed by atoms with Crippen LogP contribution in [0.5, 0.6) is 0 Å². The predicted octanol–water partition coefficient (Wildman–Crippen LogP) is 3.04. The lowest BCUT2D eigenvalue weighted by atomic mass is 9.92. The number of fused-ring (bicyclic) bond motifs is 1. The number of hydrogen-bond acceptors (Lipinski definition) is 3. The van der Waals surface area contributed by atoms with E-state index in [1.54, 1.807) is 9.80 Å². The second kappa shape index (κ2) is 8.37. The van der Waals surface area contributed by atoms with Crippen molar-refractivity contribution in [2.45, 2.75) is 37.6 Å². The molecule has 3 aliphatic rings. The van der Waals surface area contributed by atoms with Crippen molar-refractivity contribution in [2.24, 2.45) is 5.92 Å². The van der Waals surface area contributed by atoms with Gasteiger partial charge in [-0.15, -0.1) is 0 Å². The molecular weight excluding hydrogens is 467 g/mol. The van der Waals surface area contributed by atoms with Gasteiger partial charge in [-0.05, 0) is 42.9 Å². The molecule has 6 nitrogen and oxygen atoms in total. The van der Waals surface area contributed by atoms with E-state index < -0.39 is 11.7 Å². The quantitative estimate of drug-likeness (QED) is 0.709. The first-order valence-corrected chi connectivity index (χ1v) is 10.8. The van der Waals surface area contributed by atoms with Crippen molar-refractivity contribution >= 4 is 27.9 Å². The largest absolute Gasteiger partial charge is 0.416 e. The molecule has 1 aromatic carbocycles. The Hall–Kier alpha value is -1.81. The van der Waals surface area contributed by atoms with Crippen LogP contribution < -0.4 is 5.32 Å². The van der Waals surface area contributed by atoms with Crippen LogP contribution in [-0.4, -0.2) is 66.7 Å². The molecule has 3 amide bonds. The van der Waals surface area contributed by atoms with Crippen LogP contribution in [0.25, 0.3) is 0 Å². The van der Waals surface area contributed by atoms with Gasteiger partial charge in [-0.2, -0.15) is 13.2 Å². The molecule has 1 unspecified atom stereocenters. The average Bonchev–Trinajstić information content (AvgIpc) is 2.66. The van der Waals surface area contributed by atoms with Crippen molar-refractivity contribution < 1.29 is 27.5 Å². The molecule has 10 heteroatoms. The Balaban J connectivity index is 1.23. The van der Waals surface area contributed by atoms with Gasteiger partial charge in [0.05, 0.1) is 17.7 Å². The summed E-state index contributed by atoms with van der Waals surface area (Å²) in [5.74, 6) is 0.183. The molecule has 0 aliphatic carbocycles. The van der Waals surface area contributed by atoms with Crippen molar-refractivity contribution in [2.75, 3.05) is 32.8 Å². The number of carbonyl (C=O) groups excluding carboxylic acids is 2. The third-order valence-electron chi connectivity index (χ3n) is 6.02. The second-order valence-corrected chi connectivity index (χ2v) is 9.01. The number of carbonyl (C=O) groups is 2. The van der Waals surface area contributed by atoms with E-state index in [1.807, 2.05) is 0 Å². The monoisotopic (exact) mass is 489 g/mol. The van der Waals surface area contributed by atoms with E-state index in [4.69, 9.17) is 4.74 Å². The number of halogens is 4. The topological polar surface area (TPSA) is 61.9 Å². The third kappa shape index (κ3) is 4.59. The maximum Gasteiger partial charge on any atom is 0.416 e. The lowest BCUT2D eigenvalue weighted by Crippen LogP contribution is -2.64. The maximum absolute atomic E-state index is 12.8. The number of rotatable bonds is 3. The zero-order valence-corrected chi connectivity index (χ0v) is 17.8. The zero-order chi connectivity index (χ0) is 21.5. The number of nitrogens with one attached hydrogen (secondary N) is 1. The van der Waals surface area contributed by atoms with Crippen LogP contribution in [0.1, 0.15) is 24.0 Å². The van der Waals surface area contributed by atoms with Gasteiger partial charge < -0.3 is 19.9 Å². The van der Waals surface area contributed by atoms with Crippen LogP contribution >= 0.6 is 15.9 Å². The highest BCUT2D eigenvalue weighted by molar-refractivity contribution is 9.10. The summed E-state index contributed by atoms with van der Waals surface area (Å²) < 4.78 is 44.3. The number of aryl methyl sites for hydroxylation is 1. The maximum atomic E-state index is 12.8. The summed E-state index contributed by atoms with van der Waals surface area (Å²) in [5.41, 5.74) is 0.171. The van der Waals surface area contributed by atoms with Gasteiger partial charge in [-0.25, -0.2) is 4.79 Å². The van der Waals surface area contributed by atoms with Gasteiger partial charge >= 0.3 is 12.2 Å². The summed E-state index contributed by atoms with van der Waals surface area (Å²) in [5, 5.41) is 2.89. The van der Waals surface area contributed by atoms with Crippen LogP contribution in [0.15, 0.2) is 22.7 Å². The minimum Gasteiger partial charge on any atom is -0.366 e. The van der Waals surface area contributed by atoms with Gasteiger partial charge in [0.1, 0.15) is 6.61 Å². The van der Waals surface area contributed by atoms with Crippen LogP contribution in [0, 0.1) is 5.92 Å². The van der Waals surface area contributed by atoms with Crippen molar-refractivity contribution in [3.8, 4) is 0 Å². The highest BCUT2D eigenvalue weighted by Gasteiger charge is 2.40. The number of amides is 3. The number of likely N-dealkylation sites (tertiary alicyclic amines) is 2. The van der Waals surface area contributed by atoms with Gasteiger partial charge in [0.2, 0.25) is 5.91 Å². The fraction of sp³-hybridized carbons (Fsp3) is 0.600. The number of urea groups is 1. The molecule has 164 valence electrons. The Labute approximate surface area is 180 Å². The molecule has 3 saturated heterocycles. The molecule has 2 atom stereocenters. The van der Waals surface area contributed by atoms with E-state index in [9.17, 15) is 22.8 Å². The number of benzene rings is 1. The number of morpholine rings is 1. The third-order valence-corrected chi connectivity index (χ3v) is 6.76. The molecule has 0 spiro atoms. The van der Waals surface area contributed by atoms with Crippen LogP contribution in [0.2, 0.25) is 0 Å². The molecule has 4 rings (SSSR count). The highest BCUT2D eigenvalue weighted by atomic mass is 79.9. The minimum atomic E-state index is -4.35. The van der Waals surface area contributed by atoms with Crippen LogP contribution in [-0.2, 0) is 22.1 Å². The standard InChI is InChI=1S/C20H23BrF3N3O3/c21-15-7-14(20(22,23)24)4-3-13(15)2-1-12-8-27(9-12)19(29)26-6-5-17-16(10-26)25-18(28)11-30-17/h3-4,7,12,16-17H,1-2,5-6,8-11H2,(H,25,28)/t16-,17?/m1/s1. The fourth-order valence-corrected chi connectivity index (χ4v) is 4.85. The minimum absolute atomic E-state index is 0.0276. The molecule has 0 saturated carbocycles. The number of ether oxygens (including phenoxy) is 1. The number of nitrogens with zero attached hydrogens (tertiary/aromatic N) is 2. The van der Waals surface area contributed by atoms with Crippen molar-refractivity contribution in [1.82, 2.24) is 15.1 Å². The molecule has 3 heterocycles.